The third kappa shape index (κ3) is 6.76. The number of nitrogens with zero attached hydrogens (tertiary/aromatic N) is 2. The van der Waals surface area contributed by atoms with E-state index in [1.807, 2.05) is 32.0 Å². The molecule has 1 aliphatic rings. The van der Waals surface area contributed by atoms with E-state index in [1.165, 1.54) is 11.1 Å². The standard InChI is InChI=1S/C23H28N4O.C2H6/c1-3-12-27(13-4-2)22-15-21(25-23(28)16-22)17-24-26-20-11-7-10-18-8-5-6-9-19(18)14-20;1-2/h5-10,14-17,26H,3-4,11-13H2,1-2H3,(H,25,28);1-2H3/b24-17+;. The minimum atomic E-state index is -0.110. The number of hydrazone groups is 1. The fourth-order valence-corrected chi connectivity index (χ4v) is 3.33. The molecular formula is C25H34N4O. The number of aromatic amines is 1. The molecule has 0 saturated carbocycles. The molecule has 1 heterocycles. The number of aromatic nitrogens is 1. The molecule has 0 radical (unpaired) electrons. The van der Waals surface area contributed by atoms with Crippen molar-refractivity contribution in [2.45, 2.75) is 47.0 Å². The largest absolute Gasteiger partial charge is 0.371 e. The smallest absolute Gasteiger partial charge is 0.250 e. The maximum Gasteiger partial charge on any atom is 0.250 e. The number of hydrogen-bond donors (Lipinski definition) is 2. The van der Waals surface area contributed by atoms with Crippen LogP contribution in [0.1, 0.15) is 63.8 Å². The Bertz CT molecular complexity index is 934. The van der Waals surface area contributed by atoms with Crippen LogP contribution in [0.5, 0.6) is 0 Å². The Morgan fingerprint density at radius 3 is 2.50 bits per heavy atom. The highest BCUT2D eigenvalue weighted by Crippen LogP contribution is 2.19. The summed E-state index contributed by atoms with van der Waals surface area (Å²) in [5.41, 5.74) is 8.02. The summed E-state index contributed by atoms with van der Waals surface area (Å²) in [5.74, 6) is 0. The van der Waals surface area contributed by atoms with E-state index in [-0.39, 0.29) is 5.56 Å². The van der Waals surface area contributed by atoms with E-state index >= 15 is 0 Å². The lowest BCUT2D eigenvalue weighted by Gasteiger charge is -2.23. The SMILES string of the molecule is CC.CCCN(CCC)c1cc(/C=N/NC2=Cc3ccccc3C=CC2)[nH]c(=O)c1. The van der Waals surface area contributed by atoms with Gasteiger partial charge in [-0.25, -0.2) is 0 Å². The van der Waals surface area contributed by atoms with Crippen molar-refractivity contribution < 1.29 is 0 Å². The second kappa shape index (κ2) is 12.5. The van der Waals surface area contributed by atoms with E-state index in [4.69, 9.17) is 0 Å². The third-order valence-corrected chi connectivity index (χ3v) is 4.57. The van der Waals surface area contributed by atoms with Crippen LogP contribution in [0.15, 0.2) is 58.1 Å². The van der Waals surface area contributed by atoms with Gasteiger partial charge >= 0.3 is 0 Å². The van der Waals surface area contributed by atoms with Gasteiger partial charge < -0.3 is 9.88 Å². The van der Waals surface area contributed by atoms with Crippen molar-refractivity contribution in [3.05, 3.63) is 75.3 Å². The average Bonchev–Trinajstić information content (AvgIpc) is 2.96. The van der Waals surface area contributed by atoms with Gasteiger partial charge in [0.25, 0.3) is 0 Å². The molecule has 2 N–H and O–H groups in total. The predicted octanol–water partition coefficient (Wildman–Crippen LogP) is 5.41. The number of fused-ring (bicyclic) bond motifs is 1. The van der Waals surface area contributed by atoms with E-state index in [9.17, 15) is 4.79 Å². The van der Waals surface area contributed by atoms with Gasteiger partial charge in [0, 0.05) is 37.0 Å². The molecule has 0 saturated heterocycles. The number of benzene rings is 1. The minimum Gasteiger partial charge on any atom is -0.371 e. The molecular weight excluding hydrogens is 372 g/mol. The average molecular weight is 407 g/mol. The Kier molecular flexibility index (Phi) is 9.65. The number of anilines is 1. The monoisotopic (exact) mass is 406 g/mol. The summed E-state index contributed by atoms with van der Waals surface area (Å²) in [6.07, 6.45) is 10.9. The Morgan fingerprint density at radius 2 is 1.80 bits per heavy atom. The lowest BCUT2D eigenvalue weighted by atomic mass is 10.1. The Hall–Kier alpha value is -3.08. The summed E-state index contributed by atoms with van der Waals surface area (Å²) >= 11 is 0. The van der Waals surface area contributed by atoms with Gasteiger partial charge in [-0.1, -0.05) is 64.1 Å². The number of hydrogen-bond acceptors (Lipinski definition) is 4. The summed E-state index contributed by atoms with van der Waals surface area (Å²) in [6, 6.07) is 11.9. The van der Waals surface area contributed by atoms with Crippen LogP contribution in [0.4, 0.5) is 5.69 Å². The van der Waals surface area contributed by atoms with E-state index in [0.29, 0.717) is 5.69 Å². The number of allylic oxidation sites excluding steroid dienone is 1. The molecule has 1 aromatic heterocycles. The molecule has 0 unspecified atom stereocenters. The zero-order valence-corrected chi connectivity index (χ0v) is 18.6. The van der Waals surface area contributed by atoms with Crippen LogP contribution in [-0.4, -0.2) is 24.3 Å². The van der Waals surface area contributed by atoms with Crippen molar-refractivity contribution in [3.8, 4) is 0 Å². The van der Waals surface area contributed by atoms with Crippen molar-refractivity contribution in [1.29, 1.82) is 0 Å². The highest BCUT2D eigenvalue weighted by Gasteiger charge is 2.07. The van der Waals surface area contributed by atoms with Crippen LogP contribution >= 0.6 is 0 Å². The Labute approximate surface area is 180 Å². The van der Waals surface area contributed by atoms with Gasteiger partial charge in [-0.15, -0.1) is 0 Å². The minimum absolute atomic E-state index is 0.110. The first-order chi connectivity index (χ1) is 14.7. The molecule has 0 fully saturated rings. The zero-order chi connectivity index (χ0) is 21.8. The van der Waals surface area contributed by atoms with Gasteiger partial charge in [-0.2, -0.15) is 5.10 Å². The van der Waals surface area contributed by atoms with Gasteiger partial charge in [-0.05, 0) is 36.1 Å². The summed E-state index contributed by atoms with van der Waals surface area (Å²) in [4.78, 5) is 17.2. The summed E-state index contributed by atoms with van der Waals surface area (Å²) in [5, 5.41) is 4.35. The van der Waals surface area contributed by atoms with Crippen molar-refractivity contribution in [1.82, 2.24) is 10.4 Å². The van der Waals surface area contributed by atoms with Crippen molar-refractivity contribution in [2.75, 3.05) is 18.0 Å². The van der Waals surface area contributed by atoms with Gasteiger partial charge in [0.15, 0.2) is 0 Å². The van der Waals surface area contributed by atoms with Gasteiger partial charge in [0.05, 0.1) is 11.9 Å². The number of H-pyrrole nitrogens is 1. The quantitative estimate of drug-likeness (QED) is 0.455. The topological polar surface area (TPSA) is 60.5 Å². The highest BCUT2D eigenvalue weighted by molar-refractivity contribution is 5.78. The highest BCUT2D eigenvalue weighted by atomic mass is 16.1. The van der Waals surface area contributed by atoms with E-state index in [0.717, 1.165) is 43.7 Å². The van der Waals surface area contributed by atoms with Gasteiger partial charge in [-0.3, -0.25) is 10.2 Å². The van der Waals surface area contributed by atoms with E-state index in [1.54, 1.807) is 12.3 Å². The first kappa shape index (κ1) is 23.2. The molecule has 0 bridgehead atoms. The normalized spacial score (nSPS) is 12.5. The molecule has 1 aromatic carbocycles. The molecule has 160 valence electrons. The molecule has 5 nitrogen and oxygen atoms in total. The van der Waals surface area contributed by atoms with Crippen LogP contribution in [0.3, 0.4) is 0 Å². The second-order valence-corrected chi connectivity index (χ2v) is 6.92. The molecule has 3 rings (SSSR count). The molecule has 5 heteroatoms. The first-order valence-electron chi connectivity index (χ1n) is 10.9. The maximum absolute atomic E-state index is 12.1. The Balaban J connectivity index is 0.00000155. The molecule has 0 spiro atoms. The summed E-state index contributed by atoms with van der Waals surface area (Å²) in [6.45, 7) is 10.2. The van der Waals surface area contributed by atoms with E-state index < -0.39 is 0 Å². The molecule has 1 aliphatic carbocycles. The predicted molar refractivity (Wildman–Crippen MR) is 130 cm³/mol. The van der Waals surface area contributed by atoms with Crippen LogP contribution in [-0.2, 0) is 0 Å². The van der Waals surface area contributed by atoms with Crippen LogP contribution < -0.4 is 15.9 Å². The van der Waals surface area contributed by atoms with Crippen molar-refractivity contribution >= 4 is 24.1 Å². The van der Waals surface area contributed by atoms with Crippen molar-refractivity contribution in [3.63, 3.8) is 0 Å². The molecule has 30 heavy (non-hydrogen) atoms. The molecule has 2 aromatic rings. The third-order valence-electron chi connectivity index (χ3n) is 4.57. The molecule has 0 amide bonds. The van der Waals surface area contributed by atoms with Crippen LogP contribution in [0.25, 0.3) is 12.2 Å². The first-order valence-corrected chi connectivity index (χ1v) is 10.9. The summed E-state index contributed by atoms with van der Waals surface area (Å²) in [7, 11) is 0. The van der Waals surface area contributed by atoms with Crippen LogP contribution in [0, 0.1) is 0 Å². The maximum atomic E-state index is 12.1. The van der Waals surface area contributed by atoms with Crippen molar-refractivity contribution in [2.24, 2.45) is 5.10 Å². The van der Waals surface area contributed by atoms with Crippen LogP contribution in [0.2, 0.25) is 0 Å². The summed E-state index contributed by atoms with van der Waals surface area (Å²) < 4.78 is 0. The number of rotatable bonds is 8. The zero-order valence-electron chi connectivity index (χ0n) is 18.6. The fraction of sp³-hybridized carbons (Fsp3) is 0.360. The molecule has 0 atom stereocenters. The Morgan fingerprint density at radius 1 is 1.10 bits per heavy atom. The van der Waals surface area contributed by atoms with Gasteiger partial charge in [0.1, 0.15) is 0 Å². The fourth-order valence-electron chi connectivity index (χ4n) is 3.33. The molecule has 0 aliphatic heterocycles. The van der Waals surface area contributed by atoms with Gasteiger partial charge in [0.2, 0.25) is 5.56 Å². The number of nitrogens with one attached hydrogen (secondary N) is 2. The second-order valence-electron chi connectivity index (χ2n) is 6.92. The van der Waals surface area contributed by atoms with E-state index in [2.05, 4.69) is 64.6 Å². The lowest BCUT2D eigenvalue weighted by molar-refractivity contribution is 0.743. The number of pyridine rings is 1. The lowest BCUT2D eigenvalue weighted by Crippen LogP contribution is -2.26.